The van der Waals surface area contributed by atoms with Crippen molar-refractivity contribution in [2.75, 3.05) is 7.05 Å². The zero-order chi connectivity index (χ0) is 18.1. The number of rotatable bonds is 4. The number of nitrogens with one attached hydrogen (secondary N) is 1. The minimum Gasteiger partial charge on any atom is -0.472 e. The third-order valence-corrected chi connectivity index (χ3v) is 5.49. The summed E-state index contributed by atoms with van der Waals surface area (Å²) in [6, 6.07) is 11.6. The van der Waals surface area contributed by atoms with Crippen molar-refractivity contribution < 1.29 is 9.21 Å². The van der Waals surface area contributed by atoms with E-state index in [-0.39, 0.29) is 5.91 Å². The smallest absolute Gasteiger partial charge is 0.273 e. The van der Waals surface area contributed by atoms with Gasteiger partial charge in [-0.2, -0.15) is 5.10 Å². The Morgan fingerprint density at radius 1 is 1.23 bits per heavy atom. The second-order valence-electron chi connectivity index (χ2n) is 5.74. The normalized spacial score (nSPS) is 11.0. The summed E-state index contributed by atoms with van der Waals surface area (Å²) in [5, 5.41) is 12.7. The molecule has 0 fully saturated rings. The molecule has 0 unspecified atom stereocenters. The lowest BCUT2D eigenvalue weighted by atomic mass is 10.1. The van der Waals surface area contributed by atoms with Gasteiger partial charge in [-0.15, -0.1) is 16.4 Å². The molecule has 7 heteroatoms. The predicted octanol–water partition coefficient (Wildman–Crippen LogP) is 4.56. The summed E-state index contributed by atoms with van der Waals surface area (Å²) in [4.78, 5) is 13.2. The van der Waals surface area contributed by atoms with Gasteiger partial charge in [0.15, 0.2) is 5.69 Å². The average Bonchev–Trinajstić information content (AvgIpc) is 3.32. The Kier molecular flexibility index (Phi) is 4.44. The molecular formula is C19H14ClN3O2S. The number of thiophene rings is 1. The summed E-state index contributed by atoms with van der Waals surface area (Å²) in [7, 11) is 1.59. The van der Waals surface area contributed by atoms with E-state index in [4.69, 9.17) is 16.0 Å². The summed E-state index contributed by atoms with van der Waals surface area (Å²) >= 11 is 7.51. The van der Waals surface area contributed by atoms with Crippen LogP contribution in [0.3, 0.4) is 0 Å². The zero-order valence-corrected chi connectivity index (χ0v) is 15.4. The molecule has 4 rings (SSSR count). The average molecular weight is 384 g/mol. The molecular weight excluding hydrogens is 370 g/mol. The molecule has 3 heterocycles. The van der Waals surface area contributed by atoms with Crippen LogP contribution >= 0.6 is 22.9 Å². The molecule has 0 radical (unpaired) electrons. The van der Waals surface area contributed by atoms with Crippen LogP contribution in [-0.4, -0.2) is 23.2 Å². The Morgan fingerprint density at radius 2 is 2.04 bits per heavy atom. The van der Waals surface area contributed by atoms with Crippen LogP contribution in [0.1, 0.15) is 21.7 Å². The van der Waals surface area contributed by atoms with Gasteiger partial charge in [0.05, 0.1) is 22.9 Å². The highest BCUT2D eigenvalue weighted by Gasteiger charge is 2.19. The van der Waals surface area contributed by atoms with Crippen LogP contribution in [0, 0.1) is 0 Å². The molecule has 3 aromatic heterocycles. The Labute approximate surface area is 158 Å². The van der Waals surface area contributed by atoms with E-state index in [0.717, 1.165) is 31.8 Å². The van der Waals surface area contributed by atoms with Gasteiger partial charge in [-0.25, -0.2) is 0 Å². The summed E-state index contributed by atoms with van der Waals surface area (Å²) in [6.07, 6.45) is 3.91. The van der Waals surface area contributed by atoms with Crippen molar-refractivity contribution in [1.82, 2.24) is 15.5 Å². The quantitative estimate of drug-likeness (QED) is 0.561. The summed E-state index contributed by atoms with van der Waals surface area (Å²) in [6.45, 7) is 0. The van der Waals surface area contributed by atoms with Crippen molar-refractivity contribution in [1.29, 1.82) is 0 Å². The Bertz CT molecular complexity index is 1070. The first-order valence-corrected chi connectivity index (χ1v) is 9.13. The first-order chi connectivity index (χ1) is 12.7. The van der Waals surface area contributed by atoms with Crippen LogP contribution in [0.2, 0.25) is 5.02 Å². The molecule has 0 bridgehead atoms. The van der Waals surface area contributed by atoms with Gasteiger partial charge < -0.3 is 9.73 Å². The molecule has 0 spiro atoms. The molecule has 0 saturated heterocycles. The maximum Gasteiger partial charge on any atom is 0.273 e. The van der Waals surface area contributed by atoms with Crippen molar-refractivity contribution in [3.8, 4) is 10.4 Å². The number of aromatic nitrogens is 2. The van der Waals surface area contributed by atoms with Crippen LogP contribution in [0.5, 0.6) is 0 Å². The first kappa shape index (κ1) is 16.8. The first-order valence-electron chi connectivity index (χ1n) is 7.94. The SMILES string of the molecule is CNC(=O)c1nnc(Cc2ccoc2)c2cc(-c3ccc(Cl)cc3)sc12. The van der Waals surface area contributed by atoms with E-state index < -0.39 is 0 Å². The number of hydrogen-bond acceptors (Lipinski definition) is 5. The maximum atomic E-state index is 12.2. The third kappa shape index (κ3) is 3.09. The van der Waals surface area contributed by atoms with Crippen LogP contribution in [0.15, 0.2) is 53.3 Å². The van der Waals surface area contributed by atoms with Gasteiger partial charge in [0.25, 0.3) is 5.91 Å². The number of carbonyl (C=O) groups is 1. The van der Waals surface area contributed by atoms with Crippen LogP contribution in [0.4, 0.5) is 0 Å². The van der Waals surface area contributed by atoms with Crippen molar-refractivity contribution >= 4 is 38.9 Å². The molecule has 0 saturated carbocycles. The van der Waals surface area contributed by atoms with Gasteiger partial charge >= 0.3 is 0 Å². The Morgan fingerprint density at radius 3 is 2.73 bits per heavy atom. The van der Waals surface area contributed by atoms with Crippen molar-refractivity contribution in [3.63, 3.8) is 0 Å². The lowest BCUT2D eigenvalue weighted by molar-refractivity contribution is 0.0959. The minimum absolute atomic E-state index is 0.248. The molecule has 0 aliphatic carbocycles. The molecule has 0 atom stereocenters. The fourth-order valence-corrected chi connectivity index (χ4v) is 4.02. The number of carbonyl (C=O) groups excluding carboxylic acids is 1. The second-order valence-corrected chi connectivity index (χ2v) is 7.23. The van der Waals surface area contributed by atoms with E-state index >= 15 is 0 Å². The number of halogens is 1. The monoisotopic (exact) mass is 383 g/mol. The Hall–Kier alpha value is -2.70. The van der Waals surface area contributed by atoms with E-state index in [1.807, 2.05) is 30.3 Å². The van der Waals surface area contributed by atoms with Gasteiger partial charge in [-0.1, -0.05) is 23.7 Å². The van der Waals surface area contributed by atoms with E-state index in [9.17, 15) is 4.79 Å². The van der Waals surface area contributed by atoms with E-state index in [0.29, 0.717) is 17.1 Å². The van der Waals surface area contributed by atoms with Gasteiger partial charge in [0, 0.05) is 28.8 Å². The van der Waals surface area contributed by atoms with Gasteiger partial charge in [-0.05, 0) is 35.4 Å². The molecule has 1 N–H and O–H groups in total. The molecule has 4 aromatic rings. The number of amides is 1. The molecule has 0 aliphatic rings. The van der Waals surface area contributed by atoms with Gasteiger partial charge in [-0.3, -0.25) is 4.79 Å². The van der Waals surface area contributed by atoms with Crippen molar-refractivity contribution in [3.05, 3.63) is 70.9 Å². The van der Waals surface area contributed by atoms with Crippen LogP contribution in [0.25, 0.3) is 20.5 Å². The number of fused-ring (bicyclic) bond motifs is 1. The highest BCUT2D eigenvalue weighted by molar-refractivity contribution is 7.22. The summed E-state index contributed by atoms with van der Waals surface area (Å²) in [5.41, 5.74) is 3.19. The molecule has 1 amide bonds. The number of benzene rings is 1. The molecule has 26 heavy (non-hydrogen) atoms. The zero-order valence-electron chi connectivity index (χ0n) is 13.8. The standard InChI is InChI=1S/C19H14ClN3O2S/c1-21-19(24)17-18-14(15(22-23-17)8-11-6-7-25-10-11)9-16(26-18)12-2-4-13(20)5-3-12/h2-7,9-10H,8H2,1H3,(H,21,24). The van der Waals surface area contributed by atoms with Crippen LogP contribution in [-0.2, 0) is 6.42 Å². The van der Waals surface area contributed by atoms with Crippen molar-refractivity contribution in [2.24, 2.45) is 0 Å². The lowest BCUT2D eigenvalue weighted by Crippen LogP contribution is -2.20. The molecule has 0 aliphatic heterocycles. The lowest BCUT2D eigenvalue weighted by Gasteiger charge is -2.03. The van der Waals surface area contributed by atoms with Crippen LogP contribution < -0.4 is 5.32 Å². The Balaban J connectivity index is 1.88. The summed E-state index contributed by atoms with van der Waals surface area (Å²) in [5.74, 6) is -0.248. The number of furan rings is 1. The highest BCUT2D eigenvalue weighted by Crippen LogP contribution is 2.36. The summed E-state index contributed by atoms with van der Waals surface area (Å²) < 4.78 is 5.96. The van der Waals surface area contributed by atoms with Gasteiger partial charge in [0.1, 0.15) is 0 Å². The third-order valence-electron chi connectivity index (χ3n) is 4.05. The largest absolute Gasteiger partial charge is 0.472 e. The molecule has 5 nitrogen and oxygen atoms in total. The van der Waals surface area contributed by atoms with Crippen molar-refractivity contribution in [2.45, 2.75) is 6.42 Å². The number of nitrogens with zero attached hydrogens (tertiary/aromatic N) is 2. The fraction of sp³-hybridized carbons (Fsp3) is 0.105. The topological polar surface area (TPSA) is 68.0 Å². The van der Waals surface area contributed by atoms with E-state index in [2.05, 4.69) is 21.6 Å². The molecule has 130 valence electrons. The van der Waals surface area contributed by atoms with E-state index in [1.165, 1.54) is 11.3 Å². The molecule has 1 aromatic carbocycles. The number of hydrogen-bond donors (Lipinski definition) is 1. The predicted molar refractivity (Wildman–Crippen MR) is 103 cm³/mol. The highest BCUT2D eigenvalue weighted by atomic mass is 35.5. The maximum absolute atomic E-state index is 12.2. The van der Waals surface area contributed by atoms with E-state index in [1.54, 1.807) is 19.6 Å². The second kappa shape index (κ2) is 6.90. The fourth-order valence-electron chi connectivity index (χ4n) is 2.73. The minimum atomic E-state index is -0.248. The van der Waals surface area contributed by atoms with Gasteiger partial charge in [0.2, 0.25) is 0 Å².